The van der Waals surface area contributed by atoms with Gasteiger partial charge < -0.3 is 0 Å². The summed E-state index contributed by atoms with van der Waals surface area (Å²) >= 11 is 0. The predicted molar refractivity (Wildman–Crippen MR) is 102 cm³/mol. The van der Waals surface area contributed by atoms with Crippen LogP contribution in [0, 0.1) is 6.92 Å². The molecule has 0 fully saturated rings. The van der Waals surface area contributed by atoms with Gasteiger partial charge in [-0.15, -0.1) is 88.9 Å². The fourth-order valence-corrected chi connectivity index (χ4v) is 3.49. The molecule has 114 valence electrons. The molecule has 0 N–H and O–H groups in total. The molecule has 0 heterocycles. The first kappa shape index (κ1) is 18.3. The van der Waals surface area contributed by atoms with Gasteiger partial charge in [0.25, 0.3) is 0 Å². The summed E-state index contributed by atoms with van der Waals surface area (Å²) in [4.78, 5) is 0. The summed E-state index contributed by atoms with van der Waals surface area (Å²) < 4.78 is 0. The number of aryl methyl sites for hydroxylation is 1. The average molecular weight is 396 g/mol. The van der Waals surface area contributed by atoms with Crippen molar-refractivity contribution in [3.05, 3.63) is 78.4 Å². The molecule has 2 heteroatoms. The van der Waals surface area contributed by atoms with Crippen molar-refractivity contribution in [3.8, 4) is 0 Å². The van der Waals surface area contributed by atoms with E-state index in [1.165, 1.54) is 32.4 Å². The predicted octanol–water partition coefficient (Wildman–Crippen LogP) is 5.79. The van der Waals surface area contributed by atoms with Crippen LogP contribution < -0.4 is 5.30 Å². The Morgan fingerprint density at radius 1 is 0.739 bits per heavy atom. The van der Waals surface area contributed by atoms with Gasteiger partial charge in [0.05, 0.1) is 0 Å². The van der Waals surface area contributed by atoms with Gasteiger partial charge >= 0.3 is 26.2 Å². The first-order valence-electron chi connectivity index (χ1n) is 7.58. The van der Waals surface area contributed by atoms with E-state index in [1.807, 2.05) is 0 Å². The summed E-state index contributed by atoms with van der Waals surface area (Å²) in [5.41, 5.74) is 1.35. The van der Waals surface area contributed by atoms with E-state index in [0.29, 0.717) is 0 Å². The summed E-state index contributed by atoms with van der Waals surface area (Å²) in [5.74, 6) is 0. The molecule has 0 saturated heterocycles. The monoisotopic (exact) mass is 394 g/mol. The molecule has 0 aromatic heterocycles. The third-order valence-electron chi connectivity index (χ3n) is 3.88. The van der Waals surface area contributed by atoms with Crippen molar-refractivity contribution in [1.82, 2.24) is 0 Å². The SMILES string of the molecule is CP(C)c1cc2ccccc2[cH-]1.Cc1cc2ccccc2[cH-]1.[Zr+2]. The topological polar surface area (TPSA) is 0 Å². The minimum Gasteiger partial charge on any atom is -0.165 e. The van der Waals surface area contributed by atoms with Gasteiger partial charge in [-0.2, -0.15) is 12.1 Å². The van der Waals surface area contributed by atoms with E-state index < -0.39 is 0 Å². The normalized spacial score (nSPS) is 10.4. The van der Waals surface area contributed by atoms with Crippen molar-refractivity contribution in [2.24, 2.45) is 0 Å². The van der Waals surface area contributed by atoms with Gasteiger partial charge in [0.1, 0.15) is 0 Å². The van der Waals surface area contributed by atoms with E-state index in [2.05, 4.69) is 93.0 Å². The Morgan fingerprint density at radius 3 is 1.78 bits per heavy atom. The molecule has 23 heavy (non-hydrogen) atoms. The van der Waals surface area contributed by atoms with Crippen LogP contribution >= 0.6 is 7.92 Å². The molecular weight excluding hydrogens is 374 g/mol. The van der Waals surface area contributed by atoms with Gasteiger partial charge in [-0.3, -0.25) is 0 Å². The van der Waals surface area contributed by atoms with Crippen LogP contribution in [0.1, 0.15) is 5.56 Å². The van der Waals surface area contributed by atoms with Gasteiger partial charge in [-0.05, 0) is 13.3 Å². The fourth-order valence-electron chi connectivity index (χ4n) is 2.70. The fraction of sp³-hybridized carbons (Fsp3) is 0.143. The van der Waals surface area contributed by atoms with E-state index >= 15 is 0 Å². The molecule has 0 unspecified atom stereocenters. The zero-order valence-electron chi connectivity index (χ0n) is 13.9. The quantitative estimate of drug-likeness (QED) is 0.283. The zero-order chi connectivity index (χ0) is 15.5. The van der Waals surface area contributed by atoms with Crippen LogP contribution in [0.4, 0.5) is 0 Å². The van der Waals surface area contributed by atoms with Gasteiger partial charge in [-0.25, -0.2) is 0 Å². The second-order valence-corrected chi connectivity index (χ2v) is 8.20. The Hall–Kier alpha value is -1.03. The molecule has 0 amide bonds. The first-order chi connectivity index (χ1) is 10.6. The summed E-state index contributed by atoms with van der Waals surface area (Å²) in [6, 6.07) is 26.0. The molecule has 4 aromatic carbocycles. The molecule has 4 rings (SSSR count). The van der Waals surface area contributed by atoms with Crippen LogP contribution in [0.5, 0.6) is 0 Å². The summed E-state index contributed by atoms with van der Waals surface area (Å²) in [6.07, 6.45) is 0. The average Bonchev–Trinajstić information content (AvgIpc) is 3.09. The number of hydrogen-bond acceptors (Lipinski definition) is 0. The maximum Gasteiger partial charge on any atom is 2.00 e. The third-order valence-corrected chi connectivity index (χ3v) is 5.17. The number of rotatable bonds is 1. The Balaban J connectivity index is 0.000000162. The summed E-state index contributed by atoms with van der Waals surface area (Å²) in [6.45, 7) is 6.72. The molecule has 0 saturated carbocycles. The van der Waals surface area contributed by atoms with Gasteiger partial charge in [-0.1, -0.05) is 19.1 Å². The van der Waals surface area contributed by atoms with Crippen LogP contribution in [0.25, 0.3) is 21.5 Å². The van der Waals surface area contributed by atoms with Crippen LogP contribution in [0.15, 0.2) is 72.8 Å². The Morgan fingerprint density at radius 2 is 1.26 bits per heavy atom. The molecule has 0 aliphatic heterocycles. The molecule has 0 nitrogen and oxygen atoms in total. The Labute approximate surface area is 159 Å². The van der Waals surface area contributed by atoms with E-state index in [4.69, 9.17) is 0 Å². The minimum absolute atomic E-state index is 0. The molecular formula is C21H21PZr. The van der Waals surface area contributed by atoms with Crippen molar-refractivity contribution in [3.63, 3.8) is 0 Å². The molecule has 0 radical (unpaired) electrons. The molecule has 0 bridgehead atoms. The zero-order valence-corrected chi connectivity index (χ0v) is 17.2. The molecule has 0 aliphatic rings. The van der Waals surface area contributed by atoms with Crippen LogP contribution in [0.2, 0.25) is 0 Å². The Kier molecular flexibility index (Phi) is 6.52. The van der Waals surface area contributed by atoms with Crippen molar-refractivity contribution in [1.29, 1.82) is 0 Å². The van der Waals surface area contributed by atoms with E-state index in [1.54, 1.807) is 0 Å². The molecule has 0 atom stereocenters. The second kappa shape index (κ2) is 8.18. The number of fused-ring (bicyclic) bond motifs is 2. The van der Waals surface area contributed by atoms with Crippen molar-refractivity contribution in [2.45, 2.75) is 6.92 Å². The van der Waals surface area contributed by atoms with Gasteiger partial charge in [0, 0.05) is 0 Å². The van der Waals surface area contributed by atoms with Crippen LogP contribution in [0.3, 0.4) is 0 Å². The smallest absolute Gasteiger partial charge is 0.165 e. The van der Waals surface area contributed by atoms with Crippen LogP contribution in [-0.4, -0.2) is 13.3 Å². The Bertz CT molecular complexity index is 817. The maximum absolute atomic E-state index is 2.31. The summed E-state index contributed by atoms with van der Waals surface area (Å²) in [5, 5.41) is 6.96. The first-order valence-corrected chi connectivity index (χ1v) is 9.82. The largest absolute Gasteiger partial charge is 2.00 e. The van der Waals surface area contributed by atoms with E-state index in [-0.39, 0.29) is 34.1 Å². The van der Waals surface area contributed by atoms with Crippen molar-refractivity contribution in [2.75, 3.05) is 13.3 Å². The minimum atomic E-state index is 0. The van der Waals surface area contributed by atoms with E-state index in [9.17, 15) is 0 Å². The molecule has 0 spiro atoms. The summed E-state index contributed by atoms with van der Waals surface area (Å²) in [7, 11) is 0.0576. The number of benzene rings is 2. The van der Waals surface area contributed by atoms with E-state index in [0.717, 1.165) is 0 Å². The molecule has 4 aromatic rings. The molecule has 0 aliphatic carbocycles. The second-order valence-electron chi connectivity index (χ2n) is 5.90. The third kappa shape index (κ3) is 4.50. The number of hydrogen-bond donors (Lipinski definition) is 0. The maximum atomic E-state index is 2.31. The van der Waals surface area contributed by atoms with Crippen molar-refractivity contribution < 1.29 is 26.2 Å². The van der Waals surface area contributed by atoms with Gasteiger partial charge in [0.15, 0.2) is 0 Å². The van der Waals surface area contributed by atoms with Crippen molar-refractivity contribution >= 4 is 34.8 Å². The van der Waals surface area contributed by atoms with Gasteiger partial charge in [0.2, 0.25) is 0 Å². The standard InChI is InChI=1S/C11H12P.C10H9.Zr/c1-12(2)11-7-9-5-3-4-6-10(9)8-11;1-8-6-9-4-2-3-5-10(9)7-8;/h3-8H,1-2H3;2-7H,1H3;/q2*-1;+2. The van der Waals surface area contributed by atoms with Crippen LogP contribution in [-0.2, 0) is 26.2 Å².